The maximum Gasteiger partial charge on any atom is 0.416 e. The highest BCUT2D eigenvalue weighted by Crippen LogP contribution is 2.32. The molecule has 10 heteroatoms. The molecule has 0 bridgehead atoms. The van der Waals surface area contributed by atoms with Gasteiger partial charge in [0.2, 0.25) is 5.91 Å². The molecular weight excluding hydrogens is 395 g/mol. The average molecular weight is 414 g/mol. The topological polar surface area (TPSA) is 65.1 Å². The lowest BCUT2D eigenvalue weighted by atomic mass is 10.1. The molecule has 0 radical (unpaired) electrons. The van der Waals surface area contributed by atoms with Crippen LogP contribution in [0.1, 0.15) is 22.8 Å². The monoisotopic (exact) mass is 413 g/mol. The molecule has 0 unspecified atom stereocenters. The van der Waals surface area contributed by atoms with Gasteiger partial charge < -0.3 is 4.90 Å². The van der Waals surface area contributed by atoms with Crippen molar-refractivity contribution in [1.82, 2.24) is 25.0 Å². The number of hydrogen-bond donors (Lipinski definition) is 1. The number of hydrogen-bond acceptors (Lipinski definition) is 4. The summed E-state index contributed by atoms with van der Waals surface area (Å²) in [4.78, 5) is 20.4. The molecule has 2 heterocycles. The van der Waals surface area contributed by atoms with Gasteiger partial charge in [-0.25, -0.2) is 4.98 Å². The van der Waals surface area contributed by atoms with Crippen LogP contribution in [0.3, 0.4) is 0 Å². The van der Waals surface area contributed by atoms with Crippen LogP contribution in [0.25, 0.3) is 6.08 Å². The highest BCUT2D eigenvalue weighted by Gasteiger charge is 2.30. The standard InChI is InChI=1S/C18H19ClF3N5O/c1-12-23-16(25-24-12)11-26-6-8-27(9-7-26)17(28)5-2-13-10-14(18(20,21)22)3-4-15(13)19/h2-5,10H,6-9,11H2,1H3,(H,23,24,25)/b5-2+. The van der Waals surface area contributed by atoms with Crippen molar-refractivity contribution >= 4 is 23.6 Å². The Balaban J connectivity index is 1.57. The first-order chi connectivity index (χ1) is 13.2. The quantitative estimate of drug-likeness (QED) is 0.782. The van der Waals surface area contributed by atoms with Gasteiger partial charge in [0.15, 0.2) is 5.82 Å². The summed E-state index contributed by atoms with van der Waals surface area (Å²) >= 11 is 5.95. The number of aromatic amines is 1. The van der Waals surface area contributed by atoms with E-state index in [-0.39, 0.29) is 16.5 Å². The van der Waals surface area contributed by atoms with Crippen molar-refractivity contribution in [3.8, 4) is 0 Å². The van der Waals surface area contributed by atoms with Crippen molar-refractivity contribution in [3.05, 3.63) is 52.1 Å². The largest absolute Gasteiger partial charge is 0.416 e. The van der Waals surface area contributed by atoms with Gasteiger partial charge in [-0.2, -0.15) is 18.3 Å². The van der Waals surface area contributed by atoms with Crippen LogP contribution in [-0.2, 0) is 17.5 Å². The Kier molecular flexibility index (Phi) is 6.04. The van der Waals surface area contributed by atoms with Gasteiger partial charge >= 0.3 is 6.18 Å². The summed E-state index contributed by atoms with van der Waals surface area (Å²) in [5.41, 5.74) is -0.650. The Bertz CT molecular complexity index is 872. The van der Waals surface area contributed by atoms with E-state index in [1.165, 1.54) is 18.2 Å². The number of halogens is 4. The lowest BCUT2D eigenvalue weighted by molar-refractivity contribution is -0.137. The molecule has 0 spiro atoms. The van der Waals surface area contributed by atoms with Crippen LogP contribution in [0.2, 0.25) is 5.02 Å². The number of rotatable bonds is 4. The molecule has 1 aliphatic rings. The van der Waals surface area contributed by atoms with E-state index in [0.29, 0.717) is 38.5 Å². The van der Waals surface area contributed by atoms with Gasteiger partial charge in [-0.3, -0.25) is 14.8 Å². The van der Waals surface area contributed by atoms with Crippen LogP contribution in [0.15, 0.2) is 24.3 Å². The molecule has 1 saturated heterocycles. The first-order valence-corrected chi connectivity index (χ1v) is 9.04. The number of nitrogens with one attached hydrogen (secondary N) is 1. The lowest BCUT2D eigenvalue weighted by Crippen LogP contribution is -2.47. The summed E-state index contributed by atoms with van der Waals surface area (Å²) in [5, 5.41) is 7.05. The fourth-order valence-electron chi connectivity index (χ4n) is 2.90. The van der Waals surface area contributed by atoms with Crippen molar-refractivity contribution in [1.29, 1.82) is 0 Å². The number of carbonyl (C=O) groups excluding carboxylic acids is 1. The minimum atomic E-state index is -4.46. The van der Waals surface area contributed by atoms with Gasteiger partial charge in [-0.1, -0.05) is 11.6 Å². The number of carbonyl (C=O) groups is 1. The molecule has 1 amide bonds. The van der Waals surface area contributed by atoms with E-state index >= 15 is 0 Å². The molecular formula is C18H19ClF3N5O. The predicted octanol–water partition coefficient (Wildman–Crippen LogP) is 3.14. The van der Waals surface area contributed by atoms with E-state index < -0.39 is 11.7 Å². The molecule has 150 valence electrons. The fraction of sp³-hybridized carbons (Fsp3) is 0.389. The first kappa shape index (κ1) is 20.3. The zero-order valence-corrected chi connectivity index (χ0v) is 15.9. The fourth-order valence-corrected chi connectivity index (χ4v) is 3.08. The number of alkyl halides is 3. The summed E-state index contributed by atoms with van der Waals surface area (Å²) in [7, 11) is 0. The van der Waals surface area contributed by atoms with Crippen LogP contribution in [0.5, 0.6) is 0 Å². The molecule has 6 nitrogen and oxygen atoms in total. The molecule has 28 heavy (non-hydrogen) atoms. The Morgan fingerprint density at radius 3 is 2.61 bits per heavy atom. The third-order valence-electron chi connectivity index (χ3n) is 4.42. The number of nitrogens with zero attached hydrogens (tertiary/aromatic N) is 4. The molecule has 1 aromatic carbocycles. The molecule has 0 aliphatic carbocycles. The Morgan fingerprint density at radius 2 is 2.00 bits per heavy atom. The predicted molar refractivity (Wildman–Crippen MR) is 98.5 cm³/mol. The Morgan fingerprint density at radius 1 is 1.29 bits per heavy atom. The van der Waals surface area contributed by atoms with Gasteiger partial charge in [0, 0.05) is 37.3 Å². The third-order valence-corrected chi connectivity index (χ3v) is 4.77. The SMILES string of the molecule is Cc1nc(CN2CCN(C(=O)/C=C/c3cc(C(F)(F)F)ccc3Cl)CC2)n[nH]1. The minimum absolute atomic E-state index is 0.156. The molecule has 1 N–H and O–H groups in total. The lowest BCUT2D eigenvalue weighted by Gasteiger charge is -2.33. The van der Waals surface area contributed by atoms with Gasteiger partial charge in [0.25, 0.3) is 0 Å². The average Bonchev–Trinajstić information content (AvgIpc) is 3.05. The maximum absolute atomic E-state index is 12.8. The van der Waals surface area contributed by atoms with Gasteiger partial charge in [-0.05, 0) is 36.8 Å². The molecule has 1 aliphatic heterocycles. The van der Waals surface area contributed by atoms with Gasteiger partial charge in [0.05, 0.1) is 12.1 Å². The molecule has 1 aromatic heterocycles. The van der Waals surface area contributed by atoms with Crippen molar-refractivity contribution in [2.24, 2.45) is 0 Å². The summed E-state index contributed by atoms with van der Waals surface area (Å²) in [5.74, 6) is 1.19. The van der Waals surface area contributed by atoms with Crippen molar-refractivity contribution in [3.63, 3.8) is 0 Å². The number of benzene rings is 1. The Labute approximate surface area is 165 Å². The van der Waals surface area contributed by atoms with E-state index in [9.17, 15) is 18.0 Å². The Hall–Kier alpha value is -2.39. The van der Waals surface area contributed by atoms with Crippen LogP contribution < -0.4 is 0 Å². The van der Waals surface area contributed by atoms with Crippen molar-refractivity contribution in [2.75, 3.05) is 26.2 Å². The van der Waals surface area contributed by atoms with Crippen LogP contribution in [0, 0.1) is 6.92 Å². The first-order valence-electron chi connectivity index (χ1n) is 8.66. The van der Waals surface area contributed by atoms with Crippen LogP contribution >= 0.6 is 11.6 Å². The molecule has 3 rings (SSSR count). The summed E-state index contributed by atoms with van der Waals surface area (Å²) in [6.45, 7) is 4.79. The van der Waals surface area contributed by atoms with E-state index in [4.69, 9.17) is 11.6 Å². The number of H-pyrrole nitrogens is 1. The number of aryl methyl sites for hydroxylation is 1. The summed E-state index contributed by atoms with van der Waals surface area (Å²) in [6, 6.07) is 3.03. The smallest absolute Gasteiger partial charge is 0.337 e. The molecule has 1 fully saturated rings. The maximum atomic E-state index is 12.8. The molecule has 0 atom stereocenters. The minimum Gasteiger partial charge on any atom is -0.337 e. The van der Waals surface area contributed by atoms with E-state index in [2.05, 4.69) is 20.1 Å². The van der Waals surface area contributed by atoms with E-state index in [1.807, 2.05) is 6.92 Å². The normalized spacial score (nSPS) is 16.1. The van der Waals surface area contributed by atoms with E-state index in [0.717, 1.165) is 18.0 Å². The zero-order chi connectivity index (χ0) is 20.3. The molecule has 0 saturated carbocycles. The number of amides is 1. The second-order valence-electron chi connectivity index (χ2n) is 6.51. The van der Waals surface area contributed by atoms with Gasteiger partial charge in [0.1, 0.15) is 5.82 Å². The molecule has 2 aromatic rings. The van der Waals surface area contributed by atoms with E-state index in [1.54, 1.807) is 4.90 Å². The van der Waals surface area contributed by atoms with Crippen molar-refractivity contribution < 1.29 is 18.0 Å². The zero-order valence-electron chi connectivity index (χ0n) is 15.1. The highest BCUT2D eigenvalue weighted by atomic mass is 35.5. The second kappa shape index (κ2) is 8.32. The summed E-state index contributed by atoms with van der Waals surface area (Å²) in [6.07, 6.45) is -1.88. The van der Waals surface area contributed by atoms with Crippen LogP contribution in [0.4, 0.5) is 13.2 Å². The van der Waals surface area contributed by atoms with Crippen molar-refractivity contribution in [2.45, 2.75) is 19.6 Å². The third kappa shape index (κ3) is 5.11. The highest BCUT2D eigenvalue weighted by molar-refractivity contribution is 6.32. The van der Waals surface area contributed by atoms with Gasteiger partial charge in [-0.15, -0.1) is 0 Å². The second-order valence-corrected chi connectivity index (χ2v) is 6.91. The summed E-state index contributed by atoms with van der Waals surface area (Å²) < 4.78 is 38.5. The van der Waals surface area contributed by atoms with Crippen LogP contribution in [-0.4, -0.2) is 57.1 Å². The number of piperazine rings is 1. The number of aromatic nitrogens is 3.